The van der Waals surface area contributed by atoms with Gasteiger partial charge in [0.2, 0.25) is 5.91 Å². The Hall–Kier alpha value is -3.40. The summed E-state index contributed by atoms with van der Waals surface area (Å²) in [4.78, 5) is 16.8. The van der Waals surface area contributed by atoms with Crippen molar-refractivity contribution in [3.05, 3.63) is 90.9 Å². The summed E-state index contributed by atoms with van der Waals surface area (Å²) < 4.78 is 2.03. The van der Waals surface area contributed by atoms with E-state index in [0.29, 0.717) is 6.42 Å². The number of nitrogens with one attached hydrogen (secondary N) is 1. The second-order valence-corrected chi connectivity index (χ2v) is 5.86. The van der Waals surface area contributed by atoms with E-state index in [-0.39, 0.29) is 5.91 Å². The molecule has 1 N–H and O–H groups in total. The molecule has 0 unspecified atom stereocenters. The van der Waals surface area contributed by atoms with Crippen molar-refractivity contribution in [1.82, 2.24) is 9.55 Å². The zero-order valence-electron chi connectivity index (χ0n) is 13.6. The third-order valence-electron chi connectivity index (χ3n) is 4.11. The number of rotatable bonds is 4. The average molecular weight is 327 g/mol. The first-order chi connectivity index (χ1) is 12.3. The lowest BCUT2D eigenvalue weighted by Crippen LogP contribution is -2.14. The van der Waals surface area contributed by atoms with Gasteiger partial charge in [-0.25, -0.2) is 0 Å². The second kappa shape index (κ2) is 6.61. The minimum absolute atomic E-state index is 0.0492. The van der Waals surface area contributed by atoms with Gasteiger partial charge in [0.1, 0.15) is 0 Å². The van der Waals surface area contributed by atoms with E-state index in [1.165, 1.54) is 0 Å². The van der Waals surface area contributed by atoms with Gasteiger partial charge in [0.25, 0.3) is 0 Å². The minimum atomic E-state index is -0.0492. The van der Waals surface area contributed by atoms with E-state index in [4.69, 9.17) is 0 Å². The Morgan fingerprint density at radius 2 is 1.68 bits per heavy atom. The molecule has 4 rings (SSSR count). The van der Waals surface area contributed by atoms with E-state index in [1.54, 1.807) is 6.20 Å². The summed E-state index contributed by atoms with van der Waals surface area (Å²) in [7, 11) is 0. The Bertz CT molecular complexity index is 1000. The predicted molar refractivity (Wildman–Crippen MR) is 99.8 cm³/mol. The summed E-state index contributed by atoms with van der Waals surface area (Å²) in [6, 6.07) is 21.6. The number of amides is 1. The molecule has 0 aliphatic carbocycles. The van der Waals surface area contributed by atoms with Crippen LogP contribution in [-0.4, -0.2) is 15.5 Å². The molecule has 0 atom stereocenters. The van der Waals surface area contributed by atoms with E-state index < -0.39 is 0 Å². The number of anilines is 1. The average Bonchev–Trinajstić information content (AvgIpc) is 3.17. The molecule has 2 aromatic heterocycles. The summed E-state index contributed by atoms with van der Waals surface area (Å²) >= 11 is 0. The molecule has 1 amide bonds. The minimum Gasteiger partial charge on any atom is -0.324 e. The molecule has 0 aliphatic heterocycles. The molecule has 4 heteroatoms. The van der Waals surface area contributed by atoms with Crippen molar-refractivity contribution in [2.75, 3.05) is 5.32 Å². The molecule has 4 nitrogen and oxygen atoms in total. The van der Waals surface area contributed by atoms with Crippen molar-refractivity contribution in [2.24, 2.45) is 0 Å². The SMILES string of the molecule is O=C(Cc1ccc(-n2cccc2)cc1)Nc1cccc2cccnc12. The molecule has 0 bridgehead atoms. The lowest BCUT2D eigenvalue weighted by atomic mass is 10.1. The number of nitrogens with zero attached hydrogens (tertiary/aromatic N) is 2. The van der Waals surface area contributed by atoms with Gasteiger partial charge in [0.15, 0.2) is 0 Å². The van der Waals surface area contributed by atoms with Gasteiger partial charge in [-0.3, -0.25) is 9.78 Å². The van der Waals surface area contributed by atoms with Gasteiger partial charge in [-0.15, -0.1) is 0 Å². The van der Waals surface area contributed by atoms with Crippen LogP contribution in [0.3, 0.4) is 0 Å². The summed E-state index contributed by atoms with van der Waals surface area (Å²) in [5.41, 5.74) is 3.60. The summed E-state index contributed by atoms with van der Waals surface area (Å²) in [6.45, 7) is 0. The van der Waals surface area contributed by atoms with Crippen LogP contribution in [0.4, 0.5) is 5.69 Å². The van der Waals surface area contributed by atoms with Crippen LogP contribution in [0.25, 0.3) is 16.6 Å². The van der Waals surface area contributed by atoms with E-state index >= 15 is 0 Å². The van der Waals surface area contributed by atoms with Crippen molar-refractivity contribution in [3.63, 3.8) is 0 Å². The number of hydrogen-bond acceptors (Lipinski definition) is 2. The fourth-order valence-electron chi connectivity index (χ4n) is 2.88. The predicted octanol–water partition coefficient (Wildman–Crippen LogP) is 4.21. The Morgan fingerprint density at radius 1 is 0.920 bits per heavy atom. The monoisotopic (exact) mass is 327 g/mol. The number of fused-ring (bicyclic) bond motifs is 1. The maximum atomic E-state index is 12.4. The zero-order chi connectivity index (χ0) is 17.1. The van der Waals surface area contributed by atoms with Gasteiger partial charge in [-0.2, -0.15) is 0 Å². The highest BCUT2D eigenvalue weighted by Gasteiger charge is 2.08. The van der Waals surface area contributed by atoms with Crippen molar-refractivity contribution in [1.29, 1.82) is 0 Å². The van der Waals surface area contributed by atoms with Crippen LogP contribution in [-0.2, 0) is 11.2 Å². The van der Waals surface area contributed by atoms with Crippen LogP contribution in [0.15, 0.2) is 85.3 Å². The van der Waals surface area contributed by atoms with Crippen LogP contribution in [0, 0.1) is 0 Å². The maximum Gasteiger partial charge on any atom is 0.228 e. The second-order valence-electron chi connectivity index (χ2n) is 5.86. The van der Waals surface area contributed by atoms with Gasteiger partial charge < -0.3 is 9.88 Å². The first-order valence-electron chi connectivity index (χ1n) is 8.15. The zero-order valence-corrected chi connectivity index (χ0v) is 13.6. The van der Waals surface area contributed by atoms with Crippen LogP contribution in [0.2, 0.25) is 0 Å². The van der Waals surface area contributed by atoms with Crippen molar-refractivity contribution < 1.29 is 4.79 Å². The number of carbonyl (C=O) groups is 1. The summed E-state index contributed by atoms with van der Waals surface area (Å²) in [5, 5.41) is 3.98. The van der Waals surface area contributed by atoms with E-state index in [2.05, 4.69) is 10.3 Å². The fraction of sp³-hybridized carbons (Fsp3) is 0.0476. The first kappa shape index (κ1) is 15.1. The normalized spacial score (nSPS) is 10.7. The van der Waals surface area contributed by atoms with E-state index in [1.807, 2.05) is 83.7 Å². The number of pyridine rings is 1. The van der Waals surface area contributed by atoms with E-state index in [0.717, 1.165) is 27.8 Å². The fourth-order valence-corrected chi connectivity index (χ4v) is 2.88. The molecular formula is C21H17N3O. The summed E-state index contributed by atoms with van der Waals surface area (Å²) in [5.74, 6) is -0.0492. The Labute approximate surface area is 145 Å². The number of hydrogen-bond donors (Lipinski definition) is 1. The molecule has 25 heavy (non-hydrogen) atoms. The molecule has 2 heterocycles. The van der Waals surface area contributed by atoms with Gasteiger partial charge >= 0.3 is 0 Å². The molecule has 2 aromatic carbocycles. The number of carbonyl (C=O) groups excluding carboxylic acids is 1. The molecule has 0 spiro atoms. The Balaban J connectivity index is 1.48. The number of benzene rings is 2. The van der Waals surface area contributed by atoms with Crippen LogP contribution < -0.4 is 5.32 Å². The maximum absolute atomic E-state index is 12.4. The largest absolute Gasteiger partial charge is 0.324 e. The van der Waals surface area contributed by atoms with Gasteiger partial charge in [-0.05, 0) is 42.0 Å². The number of para-hydroxylation sites is 1. The molecule has 0 saturated carbocycles. The van der Waals surface area contributed by atoms with Crippen LogP contribution in [0.5, 0.6) is 0 Å². The third-order valence-corrected chi connectivity index (χ3v) is 4.11. The van der Waals surface area contributed by atoms with Crippen molar-refractivity contribution in [3.8, 4) is 5.69 Å². The Morgan fingerprint density at radius 3 is 2.48 bits per heavy atom. The van der Waals surface area contributed by atoms with Crippen molar-refractivity contribution >= 4 is 22.5 Å². The molecule has 0 saturated heterocycles. The standard InChI is InChI=1S/C21H17N3O/c25-20(23-19-7-3-5-17-6-4-12-22-21(17)19)15-16-8-10-18(11-9-16)24-13-1-2-14-24/h1-14H,15H2,(H,23,25). The van der Waals surface area contributed by atoms with E-state index in [9.17, 15) is 4.79 Å². The summed E-state index contributed by atoms with van der Waals surface area (Å²) in [6.07, 6.45) is 6.05. The first-order valence-corrected chi connectivity index (χ1v) is 8.15. The van der Waals surface area contributed by atoms with Gasteiger partial charge in [0.05, 0.1) is 17.6 Å². The highest BCUT2D eigenvalue weighted by Crippen LogP contribution is 2.21. The van der Waals surface area contributed by atoms with Crippen LogP contribution in [0.1, 0.15) is 5.56 Å². The van der Waals surface area contributed by atoms with Gasteiger partial charge in [-0.1, -0.05) is 30.3 Å². The van der Waals surface area contributed by atoms with Gasteiger partial charge in [0, 0.05) is 29.7 Å². The Kier molecular flexibility index (Phi) is 4.01. The highest BCUT2D eigenvalue weighted by molar-refractivity contribution is 6.00. The molecule has 0 radical (unpaired) electrons. The van der Waals surface area contributed by atoms with Crippen LogP contribution >= 0.6 is 0 Å². The smallest absolute Gasteiger partial charge is 0.228 e. The topological polar surface area (TPSA) is 46.9 Å². The number of aromatic nitrogens is 2. The molecular weight excluding hydrogens is 310 g/mol. The lowest BCUT2D eigenvalue weighted by molar-refractivity contribution is -0.115. The van der Waals surface area contributed by atoms with Crippen molar-refractivity contribution in [2.45, 2.75) is 6.42 Å². The molecule has 122 valence electrons. The molecule has 4 aromatic rings. The quantitative estimate of drug-likeness (QED) is 0.610. The third kappa shape index (κ3) is 3.28. The molecule has 0 fully saturated rings. The highest BCUT2D eigenvalue weighted by atomic mass is 16.1. The molecule has 0 aliphatic rings. The lowest BCUT2D eigenvalue weighted by Gasteiger charge is -2.09.